The Labute approximate surface area is 128 Å². The van der Waals surface area contributed by atoms with Gasteiger partial charge in [-0.05, 0) is 43.2 Å². The largest absolute Gasteiger partial charge is 0.304 e. The zero-order chi connectivity index (χ0) is 13.8. The van der Waals surface area contributed by atoms with Crippen molar-refractivity contribution in [2.75, 3.05) is 0 Å². The van der Waals surface area contributed by atoms with Crippen LogP contribution < -0.4 is 5.32 Å². The molecule has 2 atom stereocenters. The molecule has 1 unspecified atom stereocenters. The third-order valence-corrected chi connectivity index (χ3v) is 4.06. The van der Waals surface area contributed by atoms with E-state index in [2.05, 4.69) is 59.4 Å². The molecule has 1 nitrogen and oxygen atoms in total. The van der Waals surface area contributed by atoms with Crippen molar-refractivity contribution in [3.63, 3.8) is 0 Å². The van der Waals surface area contributed by atoms with Crippen molar-refractivity contribution in [3.05, 3.63) is 69.2 Å². The predicted octanol–water partition coefficient (Wildman–Crippen LogP) is 5.51. The molecule has 0 aliphatic rings. The van der Waals surface area contributed by atoms with Gasteiger partial charge in [0.25, 0.3) is 0 Å². The number of benzene rings is 2. The second-order valence-electron chi connectivity index (χ2n) is 4.69. The van der Waals surface area contributed by atoms with Gasteiger partial charge in [-0.15, -0.1) is 0 Å². The lowest BCUT2D eigenvalue weighted by Gasteiger charge is -2.21. The van der Waals surface area contributed by atoms with Crippen molar-refractivity contribution in [3.8, 4) is 0 Å². The third kappa shape index (κ3) is 3.82. The Morgan fingerprint density at radius 3 is 2.42 bits per heavy atom. The summed E-state index contributed by atoms with van der Waals surface area (Å²) in [6.07, 6.45) is 0. The van der Waals surface area contributed by atoms with E-state index in [0.29, 0.717) is 0 Å². The van der Waals surface area contributed by atoms with Gasteiger partial charge >= 0.3 is 0 Å². The molecule has 0 amide bonds. The van der Waals surface area contributed by atoms with Gasteiger partial charge in [0.1, 0.15) is 0 Å². The van der Waals surface area contributed by atoms with Crippen LogP contribution in [0.15, 0.2) is 53.0 Å². The van der Waals surface area contributed by atoms with Crippen LogP contribution in [-0.2, 0) is 0 Å². The Kier molecular flexibility index (Phi) is 5.03. The van der Waals surface area contributed by atoms with E-state index < -0.39 is 0 Å². The topological polar surface area (TPSA) is 12.0 Å². The van der Waals surface area contributed by atoms with Crippen LogP contribution in [0.1, 0.15) is 37.1 Å². The summed E-state index contributed by atoms with van der Waals surface area (Å²) in [7, 11) is 0. The van der Waals surface area contributed by atoms with E-state index in [0.717, 1.165) is 15.1 Å². The van der Waals surface area contributed by atoms with Gasteiger partial charge in [-0.25, -0.2) is 0 Å². The first-order valence-electron chi connectivity index (χ1n) is 6.34. The summed E-state index contributed by atoms with van der Waals surface area (Å²) in [5, 5.41) is 4.38. The van der Waals surface area contributed by atoms with Crippen molar-refractivity contribution < 1.29 is 0 Å². The van der Waals surface area contributed by atoms with E-state index in [1.807, 2.05) is 24.3 Å². The number of nitrogens with one attached hydrogen (secondary N) is 1. The SMILES string of the molecule is CC(N[C@H](C)c1cccc(Br)c1)c1ccccc1Cl. The van der Waals surface area contributed by atoms with Crippen LogP contribution in [0.5, 0.6) is 0 Å². The van der Waals surface area contributed by atoms with Gasteiger partial charge in [0.05, 0.1) is 0 Å². The average Bonchev–Trinajstić information content (AvgIpc) is 2.39. The Morgan fingerprint density at radius 1 is 1.00 bits per heavy atom. The fourth-order valence-corrected chi connectivity index (χ4v) is 2.88. The molecule has 0 bridgehead atoms. The van der Waals surface area contributed by atoms with E-state index in [-0.39, 0.29) is 12.1 Å². The molecule has 0 aliphatic carbocycles. The predicted molar refractivity (Wildman–Crippen MR) is 85.6 cm³/mol. The smallest absolute Gasteiger partial charge is 0.0453 e. The molecule has 0 aliphatic heterocycles. The van der Waals surface area contributed by atoms with Crippen LogP contribution >= 0.6 is 27.5 Å². The molecule has 0 radical (unpaired) electrons. The quantitative estimate of drug-likeness (QED) is 0.774. The first kappa shape index (κ1) is 14.6. The highest BCUT2D eigenvalue weighted by Gasteiger charge is 2.13. The molecule has 2 aromatic carbocycles. The highest BCUT2D eigenvalue weighted by atomic mass is 79.9. The van der Waals surface area contributed by atoms with Gasteiger partial charge in [0, 0.05) is 21.6 Å². The maximum Gasteiger partial charge on any atom is 0.0453 e. The second-order valence-corrected chi connectivity index (χ2v) is 6.01. The van der Waals surface area contributed by atoms with E-state index >= 15 is 0 Å². The zero-order valence-electron chi connectivity index (χ0n) is 11.0. The fourth-order valence-electron chi connectivity index (χ4n) is 2.16. The lowest BCUT2D eigenvalue weighted by molar-refractivity contribution is 0.494. The highest BCUT2D eigenvalue weighted by molar-refractivity contribution is 9.10. The molecule has 2 aromatic rings. The fraction of sp³-hybridized carbons (Fsp3) is 0.250. The zero-order valence-corrected chi connectivity index (χ0v) is 13.4. The minimum atomic E-state index is 0.211. The van der Waals surface area contributed by atoms with Gasteiger partial charge < -0.3 is 5.32 Å². The summed E-state index contributed by atoms with van der Waals surface area (Å²) in [5.74, 6) is 0. The molecule has 2 rings (SSSR count). The summed E-state index contributed by atoms with van der Waals surface area (Å²) in [5.41, 5.74) is 2.39. The molecule has 3 heteroatoms. The number of halogens is 2. The van der Waals surface area contributed by atoms with Gasteiger partial charge in [0.2, 0.25) is 0 Å². The molecule has 0 fully saturated rings. The molecule has 0 spiro atoms. The number of hydrogen-bond donors (Lipinski definition) is 1. The van der Waals surface area contributed by atoms with E-state index in [9.17, 15) is 0 Å². The summed E-state index contributed by atoms with van der Waals surface area (Å²) >= 11 is 9.73. The number of hydrogen-bond acceptors (Lipinski definition) is 1. The van der Waals surface area contributed by atoms with Gasteiger partial charge in [-0.2, -0.15) is 0 Å². The summed E-state index contributed by atoms with van der Waals surface area (Å²) in [4.78, 5) is 0. The van der Waals surface area contributed by atoms with E-state index in [1.165, 1.54) is 5.56 Å². The van der Waals surface area contributed by atoms with Crippen LogP contribution in [0.3, 0.4) is 0 Å². The van der Waals surface area contributed by atoms with Crippen LogP contribution in [-0.4, -0.2) is 0 Å². The van der Waals surface area contributed by atoms with Crippen LogP contribution in [0, 0.1) is 0 Å². The van der Waals surface area contributed by atoms with Crippen molar-refractivity contribution in [1.29, 1.82) is 0 Å². The molecule has 0 saturated heterocycles. The van der Waals surface area contributed by atoms with Gasteiger partial charge in [-0.1, -0.05) is 57.9 Å². The first-order valence-corrected chi connectivity index (χ1v) is 7.51. The Hall–Kier alpha value is -0.830. The van der Waals surface area contributed by atoms with Gasteiger partial charge in [0.15, 0.2) is 0 Å². The van der Waals surface area contributed by atoms with Gasteiger partial charge in [-0.3, -0.25) is 0 Å². The third-order valence-electron chi connectivity index (χ3n) is 3.22. The lowest BCUT2D eigenvalue weighted by atomic mass is 10.0. The molecular formula is C16H17BrClN. The standard InChI is InChI=1S/C16H17BrClN/c1-11(13-6-5-7-14(17)10-13)19-12(2)15-8-3-4-9-16(15)18/h3-12,19H,1-2H3/t11-,12?/m1/s1. The maximum absolute atomic E-state index is 6.23. The minimum absolute atomic E-state index is 0.211. The maximum atomic E-state index is 6.23. The second kappa shape index (κ2) is 6.56. The van der Waals surface area contributed by atoms with Crippen LogP contribution in [0.4, 0.5) is 0 Å². The summed E-state index contributed by atoms with van der Waals surface area (Å²) in [6, 6.07) is 16.8. The summed E-state index contributed by atoms with van der Waals surface area (Å²) < 4.78 is 1.10. The normalized spacial score (nSPS) is 14.1. The Bertz CT molecular complexity index is 556. The first-order chi connectivity index (χ1) is 9.08. The molecule has 1 N–H and O–H groups in total. The monoisotopic (exact) mass is 337 g/mol. The molecular weight excluding hydrogens is 322 g/mol. The van der Waals surface area contributed by atoms with Crippen LogP contribution in [0.25, 0.3) is 0 Å². The molecule has 100 valence electrons. The van der Waals surface area contributed by atoms with Crippen LogP contribution in [0.2, 0.25) is 5.02 Å². The Balaban J connectivity index is 2.11. The van der Waals surface area contributed by atoms with E-state index in [4.69, 9.17) is 11.6 Å². The van der Waals surface area contributed by atoms with Crippen molar-refractivity contribution in [1.82, 2.24) is 5.32 Å². The minimum Gasteiger partial charge on any atom is -0.304 e. The molecule has 19 heavy (non-hydrogen) atoms. The molecule has 0 aromatic heterocycles. The van der Waals surface area contributed by atoms with Crippen molar-refractivity contribution >= 4 is 27.5 Å². The average molecular weight is 339 g/mol. The van der Waals surface area contributed by atoms with Crippen molar-refractivity contribution in [2.45, 2.75) is 25.9 Å². The Morgan fingerprint density at radius 2 is 1.74 bits per heavy atom. The van der Waals surface area contributed by atoms with Crippen molar-refractivity contribution in [2.24, 2.45) is 0 Å². The number of rotatable bonds is 4. The molecule has 0 heterocycles. The van der Waals surface area contributed by atoms with E-state index in [1.54, 1.807) is 0 Å². The highest BCUT2D eigenvalue weighted by Crippen LogP contribution is 2.25. The molecule has 0 saturated carbocycles. The lowest BCUT2D eigenvalue weighted by Crippen LogP contribution is -2.22. The summed E-state index contributed by atoms with van der Waals surface area (Å²) in [6.45, 7) is 4.30.